The zero-order chi connectivity index (χ0) is 16.3. The van der Waals surface area contributed by atoms with E-state index in [0.29, 0.717) is 6.54 Å². The molecule has 0 radical (unpaired) electrons. The zero-order valence-corrected chi connectivity index (χ0v) is 12.4. The van der Waals surface area contributed by atoms with E-state index in [9.17, 15) is 14.9 Å². The van der Waals surface area contributed by atoms with Crippen molar-refractivity contribution in [1.82, 2.24) is 24.9 Å². The molecule has 0 spiro atoms. The normalized spacial score (nSPS) is 12.0. The van der Waals surface area contributed by atoms with Gasteiger partial charge in [0, 0.05) is 13.2 Å². The third-order valence-electron chi connectivity index (χ3n) is 3.21. The molecule has 1 amide bonds. The molecule has 118 valence electrons. The Balaban J connectivity index is 2.07. The second-order valence-electron chi connectivity index (χ2n) is 4.60. The van der Waals surface area contributed by atoms with Gasteiger partial charge >= 0.3 is 11.6 Å². The molecule has 0 aliphatic heterocycles. The summed E-state index contributed by atoms with van der Waals surface area (Å²) in [5.41, 5.74) is 0.554. The van der Waals surface area contributed by atoms with E-state index in [4.69, 9.17) is 4.74 Å². The highest BCUT2D eigenvalue weighted by Gasteiger charge is 2.25. The van der Waals surface area contributed by atoms with Gasteiger partial charge < -0.3 is 10.1 Å². The standard InChI is InChI=1S/C12H16N6O4/c1-8(11(19)13-6-9-4-5-14-16(9)2)17-7-10(18(20)21)12(15-17)22-3/h4-5,7-8H,6H2,1-3H3,(H,13,19). The molecule has 22 heavy (non-hydrogen) atoms. The number of nitrogens with zero attached hydrogens (tertiary/aromatic N) is 5. The summed E-state index contributed by atoms with van der Waals surface area (Å²) in [6.07, 6.45) is 2.81. The first-order valence-corrected chi connectivity index (χ1v) is 6.46. The van der Waals surface area contributed by atoms with Crippen molar-refractivity contribution in [1.29, 1.82) is 0 Å². The SMILES string of the molecule is COc1nn(C(C)C(=O)NCc2ccnn2C)cc1[N+](=O)[O-]. The van der Waals surface area contributed by atoms with Crippen molar-refractivity contribution in [2.45, 2.75) is 19.5 Å². The third-order valence-corrected chi connectivity index (χ3v) is 3.21. The Morgan fingerprint density at radius 1 is 1.59 bits per heavy atom. The lowest BCUT2D eigenvalue weighted by Gasteiger charge is -2.12. The van der Waals surface area contributed by atoms with Gasteiger partial charge in [0.05, 0.1) is 24.3 Å². The fourth-order valence-corrected chi connectivity index (χ4v) is 1.85. The number of carbonyl (C=O) groups excluding carboxylic acids is 1. The Labute approximate surface area is 125 Å². The number of methoxy groups -OCH3 is 1. The number of ether oxygens (including phenoxy) is 1. The lowest BCUT2D eigenvalue weighted by Crippen LogP contribution is -2.31. The molecule has 2 aromatic rings. The topological polar surface area (TPSA) is 117 Å². The second-order valence-corrected chi connectivity index (χ2v) is 4.60. The molecule has 0 fully saturated rings. The highest BCUT2D eigenvalue weighted by atomic mass is 16.6. The summed E-state index contributed by atoms with van der Waals surface area (Å²) in [6, 6.07) is 1.07. The number of hydrogen-bond donors (Lipinski definition) is 1. The van der Waals surface area contributed by atoms with Gasteiger partial charge in [-0.3, -0.25) is 19.6 Å². The summed E-state index contributed by atoms with van der Waals surface area (Å²) in [5, 5.41) is 21.5. The van der Waals surface area contributed by atoms with Crippen LogP contribution < -0.4 is 10.1 Å². The van der Waals surface area contributed by atoms with Crippen LogP contribution in [0.4, 0.5) is 5.69 Å². The van der Waals surface area contributed by atoms with E-state index in [1.54, 1.807) is 30.9 Å². The van der Waals surface area contributed by atoms with Crippen LogP contribution in [0, 0.1) is 10.1 Å². The second kappa shape index (κ2) is 6.24. The first-order valence-electron chi connectivity index (χ1n) is 6.46. The van der Waals surface area contributed by atoms with Gasteiger partial charge in [0.15, 0.2) is 0 Å². The van der Waals surface area contributed by atoms with Crippen molar-refractivity contribution in [2.24, 2.45) is 7.05 Å². The fraction of sp³-hybridized carbons (Fsp3) is 0.417. The number of hydrogen-bond acceptors (Lipinski definition) is 6. The third kappa shape index (κ3) is 3.05. The molecule has 0 aliphatic carbocycles. The monoisotopic (exact) mass is 308 g/mol. The molecule has 0 aliphatic rings. The van der Waals surface area contributed by atoms with E-state index < -0.39 is 11.0 Å². The van der Waals surface area contributed by atoms with E-state index in [0.717, 1.165) is 5.69 Å². The number of aryl methyl sites for hydroxylation is 1. The van der Waals surface area contributed by atoms with Crippen LogP contribution >= 0.6 is 0 Å². The summed E-state index contributed by atoms with van der Waals surface area (Å²) >= 11 is 0. The van der Waals surface area contributed by atoms with Gasteiger partial charge in [-0.25, -0.2) is 4.68 Å². The minimum Gasteiger partial charge on any atom is -0.475 e. The van der Waals surface area contributed by atoms with Crippen molar-refractivity contribution in [3.63, 3.8) is 0 Å². The lowest BCUT2D eigenvalue weighted by atomic mass is 10.3. The Hall–Kier alpha value is -2.91. The number of amides is 1. The largest absolute Gasteiger partial charge is 0.475 e. The van der Waals surface area contributed by atoms with Crippen molar-refractivity contribution >= 4 is 11.6 Å². The fourth-order valence-electron chi connectivity index (χ4n) is 1.85. The predicted molar refractivity (Wildman–Crippen MR) is 75.2 cm³/mol. The van der Waals surface area contributed by atoms with Crippen LogP contribution in [-0.2, 0) is 18.4 Å². The van der Waals surface area contributed by atoms with Crippen LogP contribution in [0.1, 0.15) is 18.7 Å². The summed E-state index contributed by atoms with van der Waals surface area (Å²) < 4.78 is 7.68. The Kier molecular flexibility index (Phi) is 4.39. The smallest absolute Gasteiger partial charge is 0.350 e. The summed E-state index contributed by atoms with van der Waals surface area (Å²) in [7, 11) is 3.06. The molecule has 2 rings (SSSR count). The first-order chi connectivity index (χ1) is 10.4. The highest BCUT2D eigenvalue weighted by Crippen LogP contribution is 2.25. The van der Waals surface area contributed by atoms with Gasteiger partial charge in [-0.2, -0.15) is 5.10 Å². The molecule has 10 heteroatoms. The molecule has 1 unspecified atom stereocenters. The number of carbonyl (C=O) groups is 1. The van der Waals surface area contributed by atoms with Gasteiger partial charge in [-0.05, 0) is 13.0 Å². The molecule has 1 N–H and O–H groups in total. The summed E-state index contributed by atoms with van der Waals surface area (Å²) in [5.74, 6) is -0.447. The minimum atomic E-state index is -0.712. The van der Waals surface area contributed by atoms with E-state index in [1.807, 2.05) is 0 Å². The molecule has 2 aromatic heterocycles. The molecular weight excluding hydrogens is 292 g/mol. The quantitative estimate of drug-likeness (QED) is 0.610. The Morgan fingerprint density at radius 3 is 2.82 bits per heavy atom. The van der Waals surface area contributed by atoms with Gasteiger partial charge in [0.2, 0.25) is 5.91 Å². The first kappa shape index (κ1) is 15.5. The lowest BCUT2D eigenvalue weighted by molar-refractivity contribution is -0.385. The number of nitro groups is 1. The molecule has 2 heterocycles. The van der Waals surface area contributed by atoms with Crippen LogP contribution in [0.5, 0.6) is 5.88 Å². The van der Waals surface area contributed by atoms with Gasteiger partial charge in [-0.15, -0.1) is 5.10 Å². The van der Waals surface area contributed by atoms with Crippen LogP contribution in [-0.4, -0.2) is 37.5 Å². The molecule has 0 saturated heterocycles. The predicted octanol–water partition coefficient (Wildman–Crippen LogP) is 0.411. The average Bonchev–Trinajstić information content (AvgIpc) is 3.10. The number of rotatable bonds is 6. The molecule has 0 aromatic carbocycles. The Morgan fingerprint density at radius 2 is 2.32 bits per heavy atom. The molecular formula is C12H16N6O4. The minimum absolute atomic E-state index is 0.128. The number of aromatic nitrogens is 4. The maximum atomic E-state index is 12.1. The van der Waals surface area contributed by atoms with Gasteiger partial charge in [0.25, 0.3) is 0 Å². The van der Waals surface area contributed by atoms with E-state index in [2.05, 4.69) is 15.5 Å². The van der Waals surface area contributed by atoms with E-state index in [1.165, 1.54) is 18.0 Å². The molecule has 0 bridgehead atoms. The van der Waals surface area contributed by atoms with Crippen LogP contribution in [0.3, 0.4) is 0 Å². The maximum Gasteiger partial charge on any atom is 0.350 e. The van der Waals surface area contributed by atoms with E-state index in [-0.39, 0.29) is 17.5 Å². The van der Waals surface area contributed by atoms with Crippen LogP contribution in [0.2, 0.25) is 0 Å². The maximum absolute atomic E-state index is 12.1. The van der Waals surface area contributed by atoms with Crippen LogP contribution in [0.25, 0.3) is 0 Å². The zero-order valence-electron chi connectivity index (χ0n) is 12.4. The molecule has 0 saturated carbocycles. The van der Waals surface area contributed by atoms with Crippen molar-refractivity contribution in [3.8, 4) is 5.88 Å². The van der Waals surface area contributed by atoms with Crippen LogP contribution in [0.15, 0.2) is 18.5 Å². The Bertz CT molecular complexity index is 692. The van der Waals surface area contributed by atoms with Crippen molar-refractivity contribution in [2.75, 3.05) is 7.11 Å². The van der Waals surface area contributed by atoms with Crippen molar-refractivity contribution in [3.05, 3.63) is 34.3 Å². The number of nitrogens with one attached hydrogen (secondary N) is 1. The van der Waals surface area contributed by atoms with E-state index >= 15 is 0 Å². The average molecular weight is 308 g/mol. The summed E-state index contributed by atoms with van der Waals surface area (Å²) in [6.45, 7) is 1.90. The summed E-state index contributed by atoms with van der Waals surface area (Å²) in [4.78, 5) is 22.4. The molecule has 10 nitrogen and oxygen atoms in total. The van der Waals surface area contributed by atoms with Gasteiger partial charge in [-0.1, -0.05) is 0 Å². The highest BCUT2D eigenvalue weighted by molar-refractivity contribution is 5.79. The van der Waals surface area contributed by atoms with Gasteiger partial charge in [0.1, 0.15) is 12.2 Å². The van der Waals surface area contributed by atoms with Crippen molar-refractivity contribution < 1.29 is 14.5 Å². The molecule has 1 atom stereocenters.